The van der Waals surface area contributed by atoms with E-state index in [0.29, 0.717) is 5.25 Å². The summed E-state index contributed by atoms with van der Waals surface area (Å²) in [5, 5.41) is 10.6. The Balaban J connectivity index is 1.87. The summed E-state index contributed by atoms with van der Waals surface area (Å²) in [6.45, 7) is 0. The van der Waals surface area contributed by atoms with Gasteiger partial charge in [0.2, 0.25) is 0 Å². The molecular weight excluding hydrogens is 256 g/mol. The highest BCUT2D eigenvalue weighted by molar-refractivity contribution is 7.99. The highest BCUT2D eigenvalue weighted by Crippen LogP contribution is 2.48. The quantitative estimate of drug-likeness (QED) is 0.897. The average Bonchev–Trinajstić information content (AvgIpc) is 2.47. The fourth-order valence-corrected chi connectivity index (χ4v) is 3.79. The van der Waals surface area contributed by atoms with Gasteiger partial charge in [-0.2, -0.15) is 0 Å². The minimum absolute atomic E-state index is 0.302. The molecule has 0 bridgehead atoms. The van der Waals surface area contributed by atoms with E-state index in [-0.39, 0.29) is 6.10 Å². The van der Waals surface area contributed by atoms with Crippen molar-refractivity contribution in [1.29, 1.82) is 0 Å². The maximum absolute atomic E-state index is 10.3. The number of fused-ring (bicyclic) bond motifs is 1. The fourth-order valence-electron chi connectivity index (χ4n) is 2.42. The van der Waals surface area contributed by atoms with Gasteiger partial charge in [-0.05, 0) is 35.7 Å². The molecule has 0 radical (unpaired) electrons. The first-order chi connectivity index (χ1) is 9.28. The topological polar surface area (TPSA) is 29.5 Å². The molecule has 0 spiro atoms. The fraction of sp³-hybridized carbons (Fsp3) is 0.250. The zero-order chi connectivity index (χ0) is 13.2. The lowest BCUT2D eigenvalue weighted by molar-refractivity contribution is 0.161. The number of rotatable bonds is 2. The molecule has 3 rings (SSSR count). The number of ether oxygens (including phenoxy) is 1. The summed E-state index contributed by atoms with van der Waals surface area (Å²) >= 11 is 1.83. The third-order valence-corrected chi connectivity index (χ3v) is 4.85. The van der Waals surface area contributed by atoms with Gasteiger partial charge < -0.3 is 9.84 Å². The predicted octanol–water partition coefficient (Wildman–Crippen LogP) is 3.97. The third-order valence-electron chi connectivity index (χ3n) is 3.47. The summed E-state index contributed by atoms with van der Waals surface area (Å²) in [4.78, 5) is 1.18. The van der Waals surface area contributed by atoms with Crippen LogP contribution in [0.5, 0.6) is 5.75 Å². The van der Waals surface area contributed by atoms with Crippen LogP contribution in [0.2, 0.25) is 0 Å². The van der Waals surface area contributed by atoms with Gasteiger partial charge >= 0.3 is 0 Å². The van der Waals surface area contributed by atoms with E-state index in [1.54, 1.807) is 7.11 Å². The predicted molar refractivity (Wildman–Crippen MR) is 77.6 cm³/mol. The second-order valence-electron chi connectivity index (χ2n) is 4.67. The van der Waals surface area contributed by atoms with Crippen molar-refractivity contribution in [3.63, 3.8) is 0 Å². The van der Waals surface area contributed by atoms with Crippen molar-refractivity contribution in [3.05, 3.63) is 59.7 Å². The summed E-state index contributed by atoms with van der Waals surface area (Å²) in [5.74, 6) is 0.866. The van der Waals surface area contributed by atoms with E-state index in [9.17, 15) is 5.11 Å². The van der Waals surface area contributed by atoms with Crippen molar-refractivity contribution in [2.45, 2.75) is 22.7 Å². The first kappa shape index (κ1) is 12.6. The SMILES string of the molecule is COc1ccc(C2CC(O)c3ccccc3S2)cc1. The average molecular weight is 272 g/mol. The highest BCUT2D eigenvalue weighted by Gasteiger charge is 2.26. The van der Waals surface area contributed by atoms with Gasteiger partial charge in [0.15, 0.2) is 0 Å². The van der Waals surface area contributed by atoms with Gasteiger partial charge in [-0.3, -0.25) is 0 Å². The zero-order valence-electron chi connectivity index (χ0n) is 10.7. The van der Waals surface area contributed by atoms with E-state index >= 15 is 0 Å². The van der Waals surface area contributed by atoms with Crippen LogP contribution < -0.4 is 4.74 Å². The molecule has 1 aliphatic rings. The van der Waals surface area contributed by atoms with E-state index < -0.39 is 0 Å². The Morgan fingerprint density at radius 2 is 1.84 bits per heavy atom. The monoisotopic (exact) mass is 272 g/mol. The number of thioether (sulfide) groups is 1. The van der Waals surface area contributed by atoms with Gasteiger partial charge in [-0.15, -0.1) is 11.8 Å². The number of benzene rings is 2. The first-order valence-electron chi connectivity index (χ1n) is 6.35. The standard InChI is InChI=1S/C16H16O2S/c1-18-12-8-6-11(7-9-12)16-10-14(17)13-4-2-3-5-15(13)19-16/h2-9,14,16-17H,10H2,1H3. The van der Waals surface area contributed by atoms with E-state index in [1.165, 1.54) is 10.5 Å². The molecule has 19 heavy (non-hydrogen) atoms. The Morgan fingerprint density at radius 1 is 1.11 bits per heavy atom. The minimum Gasteiger partial charge on any atom is -0.497 e. The molecule has 2 aromatic carbocycles. The third kappa shape index (κ3) is 2.48. The molecule has 2 aromatic rings. The molecule has 0 aliphatic carbocycles. The highest BCUT2D eigenvalue weighted by atomic mass is 32.2. The number of methoxy groups -OCH3 is 1. The van der Waals surface area contributed by atoms with Gasteiger partial charge in [0, 0.05) is 10.1 Å². The van der Waals surface area contributed by atoms with Crippen LogP contribution in [-0.2, 0) is 0 Å². The van der Waals surface area contributed by atoms with Gasteiger partial charge in [-0.25, -0.2) is 0 Å². The van der Waals surface area contributed by atoms with Crippen molar-refractivity contribution < 1.29 is 9.84 Å². The van der Waals surface area contributed by atoms with E-state index in [4.69, 9.17) is 4.74 Å². The van der Waals surface area contributed by atoms with Crippen LogP contribution in [0.15, 0.2) is 53.4 Å². The van der Waals surface area contributed by atoms with Gasteiger partial charge in [0.25, 0.3) is 0 Å². The lowest BCUT2D eigenvalue weighted by Crippen LogP contribution is -2.10. The van der Waals surface area contributed by atoms with Crippen molar-refractivity contribution in [2.75, 3.05) is 7.11 Å². The summed E-state index contributed by atoms with van der Waals surface area (Å²) < 4.78 is 5.18. The lowest BCUT2D eigenvalue weighted by atomic mass is 10.00. The smallest absolute Gasteiger partial charge is 0.118 e. The molecule has 2 unspecified atom stereocenters. The Hall–Kier alpha value is -1.45. The zero-order valence-corrected chi connectivity index (χ0v) is 11.6. The normalized spacial score (nSPS) is 21.8. The second kappa shape index (κ2) is 5.27. The number of aliphatic hydroxyl groups is 1. The number of hydrogen-bond donors (Lipinski definition) is 1. The van der Waals surface area contributed by atoms with Crippen LogP contribution in [0.1, 0.15) is 28.9 Å². The molecule has 3 heteroatoms. The maximum Gasteiger partial charge on any atom is 0.118 e. The summed E-state index contributed by atoms with van der Waals surface area (Å²) in [5.41, 5.74) is 2.29. The summed E-state index contributed by atoms with van der Waals surface area (Å²) in [6, 6.07) is 16.2. The molecule has 0 aromatic heterocycles. The van der Waals surface area contributed by atoms with Crippen LogP contribution >= 0.6 is 11.8 Å². The van der Waals surface area contributed by atoms with Crippen LogP contribution in [0.25, 0.3) is 0 Å². The maximum atomic E-state index is 10.3. The van der Waals surface area contributed by atoms with E-state index in [0.717, 1.165) is 17.7 Å². The second-order valence-corrected chi connectivity index (χ2v) is 5.91. The van der Waals surface area contributed by atoms with Crippen LogP contribution in [0.4, 0.5) is 0 Å². The minimum atomic E-state index is -0.371. The Bertz CT molecular complexity index is 565. The molecule has 2 nitrogen and oxygen atoms in total. The van der Waals surface area contributed by atoms with E-state index in [2.05, 4.69) is 18.2 Å². The molecule has 0 fully saturated rings. The molecule has 0 saturated heterocycles. The Kier molecular flexibility index (Phi) is 3.49. The molecular formula is C16H16O2S. The number of hydrogen-bond acceptors (Lipinski definition) is 3. The van der Waals surface area contributed by atoms with Crippen molar-refractivity contribution in [3.8, 4) is 5.75 Å². The van der Waals surface area contributed by atoms with Crippen LogP contribution in [0, 0.1) is 0 Å². The van der Waals surface area contributed by atoms with Gasteiger partial charge in [-0.1, -0.05) is 30.3 Å². The van der Waals surface area contributed by atoms with Crippen molar-refractivity contribution >= 4 is 11.8 Å². The molecule has 0 saturated carbocycles. The molecule has 1 heterocycles. The number of aliphatic hydroxyl groups excluding tert-OH is 1. The van der Waals surface area contributed by atoms with Gasteiger partial charge in [0.05, 0.1) is 13.2 Å². The van der Waals surface area contributed by atoms with E-state index in [1.807, 2.05) is 42.1 Å². The first-order valence-corrected chi connectivity index (χ1v) is 7.23. The van der Waals surface area contributed by atoms with Gasteiger partial charge in [0.1, 0.15) is 5.75 Å². The molecule has 98 valence electrons. The molecule has 0 amide bonds. The summed E-state index contributed by atoms with van der Waals surface area (Å²) in [7, 11) is 1.67. The lowest BCUT2D eigenvalue weighted by Gasteiger charge is -2.28. The van der Waals surface area contributed by atoms with Crippen molar-refractivity contribution in [1.82, 2.24) is 0 Å². The molecule has 2 atom stereocenters. The van der Waals surface area contributed by atoms with Crippen LogP contribution in [-0.4, -0.2) is 12.2 Å². The van der Waals surface area contributed by atoms with Crippen LogP contribution in [0.3, 0.4) is 0 Å². The summed E-state index contributed by atoms with van der Waals surface area (Å²) in [6.07, 6.45) is 0.387. The van der Waals surface area contributed by atoms with Crippen molar-refractivity contribution in [2.24, 2.45) is 0 Å². The molecule has 1 aliphatic heterocycles. The Morgan fingerprint density at radius 3 is 2.58 bits per heavy atom. The Labute approximate surface area is 117 Å². The largest absolute Gasteiger partial charge is 0.497 e. The molecule has 1 N–H and O–H groups in total.